The van der Waals surface area contributed by atoms with Crippen molar-refractivity contribution in [2.24, 2.45) is 0 Å². The van der Waals surface area contributed by atoms with Crippen molar-refractivity contribution in [3.05, 3.63) is 47.8 Å². The predicted molar refractivity (Wildman–Crippen MR) is 92.4 cm³/mol. The zero-order valence-electron chi connectivity index (χ0n) is 13.6. The summed E-state index contributed by atoms with van der Waals surface area (Å²) < 4.78 is 6.88. The van der Waals surface area contributed by atoms with Gasteiger partial charge in [-0.3, -0.25) is 9.48 Å². The van der Waals surface area contributed by atoms with Crippen LogP contribution in [-0.2, 0) is 6.54 Å². The van der Waals surface area contributed by atoms with Gasteiger partial charge < -0.3 is 15.4 Å². The van der Waals surface area contributed by atoms with Gasteiger partial charge in [0, 0.05) is 18.8 Å². The van der Waals surface area contributed by atoms with E-state index in [0.717, 1.165) is 11.3 Å². The van der Waals surface area contributed by atoms with Crippen LogP contribution in [0, 0.1) is 0 Å². The molecule has 1 aromatic heterocycles. The fraction of sp³-hybridized carbons (Fsp3) is 0.375. The van der Waals surface area contributed by atoms with Crippen molar-refractivity contribution in [3.8, 4) is 5.75 Å². The number of nitrogens with zero attached hydrogens (tertiary/aromatic N) is 2. The molecule has 1 amide bonds. The number of likely N-dealkylation sites (N-methyl/N-ethyl adjacent to an activating group) is 1. The number of nitrogens with one attached hydrogen (secondary N) is 2. The highest BCUT2D eigenvalue weighted by Crippen LogP contribution is 2.12. The fourth-order valence-electron chi connectivity index (χ4n) is 1.94. The maximum absolute atomic E-state index is 12.0. The molecule has 1 heterocycles. The zero-order chi connectivity index (χ0) is 15.9. The van der Waals surface area contributed by atoms with Crippen LogP contribution in [-0.4, -0.2) is 42.4 Å². The number of hydrogen-bond donors (Lipinski definition) is 2. The van der Waals surface area contributed by atoms with Crippen LogP contribution < -0.4 is 15.4 Å². The number of rotatable bonds is 7. The van der Waals surface area contributed by atoms with E-state index in [-0.39, 0.29) is 24.4 Å². The third kappa shape index (κ3) is 5.58. The summed E-state index contributed by atoms with van der Waals surface area (Å²) in [6.07, 6.45) is 3.34. The summed E-state index contributed by atoms with van der Waals surface area (Å²) in [4.78, 5) is 12.0. The Morgan fingerprint density at radius 1 is 1.35 bits per heavy atom. The summed E-state index contributed by atoms with van der Waals surface area (Å²) in [6, 6.07) is 8.01. The van der Waals surface area contributed by atoms with E-state index in [4.69, 9.17) is 4.74 Å². The van der Waals surface area contributed by atoms with Crippen LogP contribution in [0.5, 0.6) is 5.75 Å². The Morgan fingerprint density at radius 3 is 2.65 bits per heavy atom. The molecule has 126 valence electrons. The van der Waals surface area contributed by atoms with Crippen LogP contribution in [0.4, 0.5) is 0 Å². The first kappa shape index (κ1) is 19.0. The number of carbonyl (C=O) groups excluding carboxylic acids is 1. The molecule has 0 fully saturated rings. The lowest BCUT2D eigenvalue weighted by Gasteiger charge is -2.10. The van der Waals surface area contributed by atoms with Gasteiger partial charge in [0.1, 0.15) is 5.75 Å². The molecule has 0 aliphatic carbocycles. The monoisotopic (exact) mass is 338 g/mol. The highest BCUT2D eigenvalue weighted by Gasteiger charge is 2.09. The largest absolute Gasteiger partial charge is 0.497 e. The van der Waals surface area contributed by atoms with Gasteiger partial charge >= 0.3 is 0 Å². The Bertz CT molecular complexity index is 613. The summed E-state index contributed by atoms with van der Waals surface area (Å²) in [7, 11) is 3.51. The minimum Gasteiger partial charge on any atom is -0.497 e. The van der Waals surface area contributed by atoms with Crippen molar-refractivity contribution in [1.29, 1.82) is 0 Å². The van der Waals surface area contributed by atoms with E-state index in [1.807, 2.05) is 38.2 Å². The maximum atomic E-state index is 12.0. The Morgan fingerprint density at radius 2 is 2.04 bits per heavy atom. The second-order valence-electron chi connectivity index (χ2n) is 5.17. The van der Waals surface area contributed by atoms with Gasteiger partial charge in [0.2, 0.25) is 0 Å². The quantitative estimate of drug-likeness (QED) is 0.806. The lowest BCUT2D eigenvalue weighted by Crippen LogP contribution is -2.37. The first-order valence-electron chi connectivity index (χ1n) is 7.23. The number of carbonyl (C=O) groups is 1. The molecule has 0 bridgehead atoms. The van der Waals surface area contributed by atoms with E-state index < -0.39 is 0 Å². The van der Waals surface area contributed by atoms with Gasteiger partial charge in [0.15, 0.2) is 0 Å². The minimum absolute atomic E-state index is 0. The average molecular weight is 339 g/mol. The van der Waals surface area contributed by atoms with Crippen molar-refractivity contribution in [2.45, 2.75) is 19.5 Å². The summed E-state index contributed by atoms with van der Waals surface area (Å²) in [5, 5.41) is 10.2. The van der Waals surface area contributed by atoms with E-state index in [1.165, 1.54) is 0 Å². The zero-order valence-corrected chi connectivity index (χ0v) is 14.4. The van der Waals surface area contributed by atoms with Gasteiger partial charge in [0.05, 0.1) is 25.4 Å². The lowest BCUT2D eigenvalue weighted by atomic mass is 10.2. The molecule has 7 heteroatoms. The number of ether oxygens (including phenoxy) is 1. The van der Waals surface area contributed by atoms with Crippen LogP contribution >= 0.6 is 12.4 Å². The molecule has 23 heavy (non-hydrogen) atoms. The SMILES string of the molecule is CNC(C)CNC(=O)c1cnn(Cc2ccc(OC)cc2)c1.Cl. The van der Waals surface area contributed by atoms with Gasteiger partial charge in [-0.15, -0.1) is 12.4 Å². The molecular formula is C16H23ClN4O2. The molecule has 1 atom stereocenters. The normalized spacial score (nSPS) is 11.4. The molecule has 1 aromatic carbocycles. The van der Waals surface area contributed by atoms with E-state index in [2.05, 4.69) is 15.7 Å². The Hall–Kier alpha value is -2.05. The molecule has 0 saturated heterocycles. The Balaban J connectivity index is 0.00000264. The van der Waals surface area contributed by atoms with Gasteiger partial charge in [-0.25, -0.2) is 0 Å². The summed E-state index contributed by atoms with van der Waals surface area (Å²) in [5.74, 6) is 0.714. The van der Waals surface area contributed by atoms with Crippen LogP contribution in [0.3, 0.4) is 0 Å². The Labute approximate surface area is 142 Å². The molecular weight excluding hydrogens is 316 g/mol. The first-order chi connectivity index (χ1) is 10.6. The number of methoxy groups -OCH3 is 1. The number of benzene rings is 1. The van der Waals surface area contributed by atoms with E-state index in [0.29, 0.717) is 18.7 Å². The van der Waals surface area contributed by atoms with Gasteiger partial charge in [0.25, 0.3) is 5.91 Å². The summed E-state index contributed by atoms with van der Waals surface area (Å²) >= 11 is 0. The van der Waals surface area contributed by atoms with Gasteiger partial charge in [-0.2, -0.15) is 5.10 Å². The number of hydrogen-bond acceptors (Lipinski definition) is 4. The smallest absolute Gasteiger partial charge is 0.254 e. The molecule has 0 aliphatic rings. The van der Waals surface area contributed by atoms with E-state index in [9.17, 15) is 4.79 Å². The van der Waals surface area contributed by atoms with E-state index in [1.54, 1.807) is 24.2 Å². The highest BCUT2D eigenvalue weighted by atomic mass is 35.5. The van der Waals surface area contributed by atoms with Crippen molar-refractivity contribution in [1.82, 2.24) is 20.4 Å². The van der Waals surface area contributed by atoms with Gasteiger partial charge in [-0.1, -0.05) is 12.1 Å². The molecule has 0 spiro atoms. The van der Waals surface area contributed by atoms with Crippen molar-refractivity contribution in [3.63, 3.8) is 0 Å². The molecule has 2 N–H and O–H groups in total. The van der Waals surface area contributed by atoms with Crippen molar-refractivity contribution >= 4 is 18.3 Å². The summed E-state index contributed by atoms with van der Waals surface area (Å²) in [6.45, 7) is 3.20. The molecule has 0 radical (unpaired) electrons. The predicted octanol–water partition coefficient (Wildman–Crippen LogP) is 1.70. The van der Waals surface area contributed by atoms with Crippen LogP contribution in [0.1, 0.15) is 22.8 Å². The van der Waals surface area contributed by atoms with Gasteiger partial charge in [-0.05, 0) is 31.7 Å². The van der Waals surface area contributed by atoms with Crippen LogP contribution in [0.15, 0.2) is 36.7 Å². The minimum atomic E-state index is -0.108. The Kier molecular flexibility index (Phi) is 7.57. The average Bonchev–Trinajstić information content (AvgIpc) is 3.01. The fourth-order valence-corrected chi connectivity index (χ4v) is 1.94. The third-order valence-electron chi connectivity index (χ3n) is 3.46. The molecule has 1 unspecified atom stereocenters. The topological polar surface area (TPSA) is 68.2 Å². The second kappa shape index (κ2) is 9.17. The second-order valence-corrected chi connectivity index (χ2v) is 5.17. The number of halogens is 1. The molecule has 0 saturated carbocycles. The highest BCUT2D eigenvalue weighted by molar-refractivity contribution is 5.93. The van der Waals surface area contributed by atoms with Crippen molar-refractivity contribution < 1.29 is 9.53 Å². The molecule has 0 aliphatic heterocycles. The van der Waals surface area contributed by atoms with E-state index >= 15 is 0 Å². The molecule has 6 nitrogen and oxygen atoms in total. The standard InChI is InChI=1S/C16H22N4O2.ClH/c1-12(17-2)8-18-16(21)14-9-19-20(11-14)10-13-4-6-15(22-3)7-5-13;/h4-7,9,11-12,17H,8,10H2,1-3H3,(H,18,21);1H. The number of amides is 1. The third-order valence-corrected chi connectivity index (χ3v) is 3.46. The molecule has 2 aromatic rings. The van der Waals surface area contributed by atoms with Crippen LogP contribution in [0.2, 0.25) is 0 Å². The maximum Gasteiger partial charge on any atom is 0.254 e. The van der Waals surface area contributed by atoms with Crippen LogP contribution in [0.25, 0.3) is 0 Å². The summed E-state index contributed by atoms with van der Waals surface area (Å²) in [5.41, 5.74) is 1.66. The first-order valence-corrected chi connectivity index (χ1v) is 7.23. The lowest BCUT2D eigenvalue weighted by molar-refractivity contribution is 0.0950. The van der Waals surface area contributed by atoms with Crippen molar-refractivity contribution in [2.75, 3.05) is 20.7 Å². The molecule has 2 rings (SSSR count). The number of aromatic nitrogens is 2.